The second kappa shape index (κ2) is 7.64. The topological polar surface area (TPSA) is 3.24 Å². The summed E-state index contributed by atoms with van der Waals surface area (Å²) in [6.07, 6.45) is 2.16. The van der Waals surface area contributed by atoms with Crippen molar-refractivity contribution in [3.05, 3.63) is 11.8 Å². The fraction of sp³-hybridized carbons (Fsp3) is 0.800. The molecule has 0 aromatic heterocycles. The molecule has 0 saturated heterocycles. The van der Waals surface area contributed by atoms with Crippen molar-refractivity contribution in [1.29, 1.82) is 0 Å². The number of allylic oxidation sites excluding steroid dienone is 1. The van der Waals surface area contributed by atoms with Gasteiger partial charge in [0.05, 0.1) is 0 Å². The van der Waals surface area contributed by atoms with Crippen molar-refractivity contribution in [3.63, 3.8) is 0 Å². The van der Waals surface area contributed by atoms with Gasteiger partial charge in [-0.05, 0) is 19.0 Å². The summed E-state index contributed by atoms with van der Waals surface area (Å²) >= 11 is 0. The first-order valence-electron chi connectivity index (χ1n) is 4.38. The molecule has 0 atom stereocenters. The maximum absolute atomic E-state index is 2.20. The molecule has 0 aliphatic rings. The molecule has 0 aromatic carbocycles. The van der Waals surface area contributed by atoms with Crippen LogP contribution in [0.3, 0.4) is 0 Å². The van der Waals surface area contributed by atoms with Crippen LogP contribution in [0.2, 0.25) is 0 Å². The van der Waals surface area contributed by atoms with E-state index >= 15 is 0 Å². The van der Waals surface area contributed by atoms with Crippen LogP contribution < -0.4 is 0 Å². The van der Waals surface area contributed by atoms with E-state index in [0.717, 1.165) is 0 Å². The highest BCUT2D eigenvalue weighted by Crippen LogP contribution is 2.07. The number of hydrogen-bond acceptors (Lipinski definition) is 1. The molecule has 0 spiro atoms. The van der Waals surface area contributed by atoms with Gasteiger partial charge >= 0.3 is 0 Å². The molecule has 0 aliphatic carbocycles. The summed E-state index contributed by atoms with van der Waals surface area (Å²) < 4.78 is 0. The minimum atomic E-state index is 0.674. The van der Waals surface area contributed by atoms with Gasteiger partial charge in [0.2, 0.25) is 0 Å². The highest BCUT2D eigenvalue weighted by Gasteiger charge is 1.94. The third kappa shape index (κ3) is 9.54. The van der Waals surface area contributed by atoms with Crippen LogP contribution in [-0.2, 0) is 0 Å². The first kappa shape index (κ1) is 13.2. The van der Waals surface area contributed by atoms with Crippen molar-refractivity contribution in [2.75, 3.05) is 14.1 Å². The molecule has 0 amide bonds. The molecule has 0 bridgehead atoms. The summed E-state index contributed by atoms with van der Waals surface area (Å²) in [5, 5.41) is 0. The Morgan fingerprint density at radius 1 is 1.18 bits per heavy atom. The summed E-state index contributed by atoms with van der Waals surface area (Å²) in [6, 6.07) is 0. The predicted molar refractivity (Wildman–Crippen MR) is 53.6 cm³/mol. The summed E-state index contributed by atoms with van der Waals surface area (Å²) in [6.45, 7) is 10.6. The summed E-state index contributed by atoms with van der Waals surface area (Å²) in [5.74, 6) is 0.674. The SMILES string of the molecule is C/C(=C\N(C)C)C(C)C.CC. The van der Waals surface area contributed by atoms with Crippen LogP contribution in [0, 0.1) is 5.92 Å². The third-order valence-electron chi connectivity index (χ3n) is 1.37. The molecule has 1 nitrogen and oxygen atoms in total. The van der Waals surface area contributed by atoms with Crippen LogP contribution in [0.15, 0.2) is 11.8 Å². The van der Waals surface area contributed by atoms with Crippen molar-refractivity contribution >= 4 is 0 Å². The fourth-order valence-electron chi connectivity index (χ4n) is 0.556. The zero-order valence-corrected chi connectivity index (χ0v) is 9.10. The molecule has 0 rings (SSSR count). The van der Waals surface area contributed by atoms with Crippen molar-refractivity contribution in [1.82, 2.24) is 4.90 Å². The van der Waals surface area contributed by atoms with Gasteiger partial charge in [-0.25, -0.2) is 0 Å². The van der Waals surface area contributed by atoms with Crippen LogP contribution >= 0.6 is 0 Å². The lowest BCUT2D eigenvalue weighted by Gasteiger charge is -2.10. The smallest absolute Gasteiger partial charge is 0.00556 e. The summed E-state index contributed by atoms with van der Waals surface area (Å²) in [7, 11) is 4.10. The van der Waals surface area contributed by atoms with E-state index in [0.29, 0.717) is 5.92 Å². The normalized spacial score (nSPS) is 10.7. The van der Waals surface area contributed by atoms with Gasteiger partial charge in [-0.1, -0.05) is 33.3 Å². The summed E-state index contributed by atoms with van der Waals surface area (Å²) in [4.78, 5) is 2.08. The second-order valence-electron chi connectivity index (χ2n) is 2.99. The Morgan fingerprint density at radius 2 is 1.55 bits per heavy atom. The minimum absolute atomic E-state index is 0.674. The standard InChI is InChI=1S/C8H17N.C2H6/c1-7(2)8(3)6-9(4)5;1-2/h6-7H,1-5H3;1-2H3/b8-6+;. The van der Waals surface area contributed by atoms with Gasteiger partial charge in [-0.3, -0.25) is 0 Å². The Bertz CT molecular complexity index is 101. The fourth-order valence-corrected chi connectivity index (χ4v) is 0.556. The summed E-state index contributed by atoms with van der Waals surface area (Å²) in [5.41, 5.74) is 1.43. The van der Waals surface area contributed by atoms with E-state index in [1.54, 1.807) is 0 Å². The van der Waals surface area contributed by atoms with Crippen LogP contribution in [0.4, 0.5) is 0 Å². The Labute approximate surface area is 72.1 Å². The maximum Gasteiger partial charge on any atom is 0.00556 e. The first-order valence-corrected chi connectivity index (χ1v) is 4.38. The van der Waals surface area contributed by atoms with Gasteiger partial charge in [-0.2, -0.15) is 0 Å². The number of hydrogen-bond donors (Lipinski definition) is 0. The molecule has 0 fully saturated rings. The van der Waals surface area contributed by atoms with E-state index in [2.05, 4.69) is 31.9 Å². The average Bonchev–Trinajstić information content (AvgIpc) is 1.90. The first-order chi connectivity index (χ1) is 5.04. The molecule has 0 unspecified atom stereocenters. The zero-order chi connectivity index (χ0) is 9.44. The molecular formula is C10H23N. The Morgan fingerprint density at radius 3 is 1.64 bits per heavy atom. The molecule has 0 aliphatic heterocycles. The molecule has 0 heterocycles. The molecule has 0 N–H and O–H groups in total. The van der Waals surface area contributed by atoms with E-state index in [1.165, 1.54) is 5.57 Å². The predicted octanol–water partition coefficient (Wildman–Crippen LogP) is 3.13. The number of nitrogens with zero attached hydrogens (tertiary/aromatic N) is 1. The molecule has 11 heavy (non-hydrogen) atoms. The van der Waals surface area contributed by atoms with E-state index in [4.69, 9.17) is 0 Å². The molecular weight excluding hydrogens is 134 g/mol. The van der Waals surface area contributed by atoms with Gasteiger partial charge < -0.3 is 4.90 Å². The highest BCUT2D eigenvalue weighted by atomic mass is 15.0. The van der Waals surface area contributed by atoms with Crippen molar-refractivity contribution < 1.29 is 0 Å². The van der Waals surface area contributed by atoms with Gasteiger partial charge in [0.25, 0.3) is 0 Å². The third-order valence-corrected chi connectivity index (χ3v) is 1.37. The van der Waals surface area contributed by atoms with Crippen LogP contribution in [-0.4, -0.2) is 19.0 Å². The highest BCUT2D eigenvalue weighted by molar-refractivity contribution is 4.98. The van der Waals surface area contributed by atoms with Gasteiger partial charge in [0, 0.05) is 14.1 Å². The van der Waals surface area contributed by atoms with Crippen molar-refractivity contribution in [3.8, 4) is 0 Å². The minimum Gasteiger partial charge on any atom is -0.384 e. The van der Waals surface area contributed by atoms with E-state index < -0.39 is 0 Å². The van der Waals surface area contributed by atoms with E-state index in [-0.39, 0.29) is 0 Å². The maximum atomic E-state index is 2.20. The molecule has 1 heteroatoms. The van der Waals surface area contributed by atoms with Crippen molar-refractivity contribution in [2.24, 2.45) is 5.92 Å². The molecule has 68 valence electrons. The number of rotatable bonds is 2. The van der Waals surface area contributed by atoms with E-state index in [1.807, 2.05) is 27.9 Å². The van der Waals surface area contributed by atoms with E-state index in [9.17, 15) is 0 Å². The lowest BCUT2D eigenvalue weighted by atomic mass is 10.1. The second-order valence-corrected chi connectivity index (χ2v) is 2.99. The molecule has 0 saturated carbocycles. The molecule has 0 radical (unpaired) electrons. The quantitative estimate of drug-likeness (QED) is 0.595. The lowest BCUT2D eigenvalue weighted by molar-refractivity contribution is 0.547. The zero-order valence-electron chi connectivity index (χ0n) is 9.10. The van der Waals surface area contributed by atoms with Gasteiger partial charge in [-0.15, -0.1) is 0 Å². The van der Waals surface area contributed by atoms with Gasteiger partial charge in [0.1, 0.15) is 0 Å². The lowest BCUT2D eigenvalue weighted by Crippen LogP contribution is -2.04. The van der Waals surface area contributed by atoms with Gasteiger partial charge in [0.15, 0.2) is 0 Å². The Hall–Kier alpha value is -0.460. The van der Waals surface area contributed by atoms with Crippen molar-refractivity contribution in [2.45, 2.75) is 34.6 Å². The van der Waals surface area contributed by atoms with Crippen LogP contribution in [0.25, 0.3) is 0 Å². The molecule has 0 aromatic rings. The Kier molecular flexibility index (Phi) is 9.14. The van der Waals surface area contributed by atoms with Crippen LogP contribution in [0.5, 0.6) is 0 Å². The van der Waals surface area contributed by atoms with Crippen LogP contribution in [0.1, 0.15) is 34.6 Å². The largest absolute Gasteiger partial charge is 0.384 e. The Balaban J connectivity index is 0. The monoisotopic (exact) mass is 157 g/mol. The average molecular weight is 157 g/mol.